The van der Waals surface area contributed by atoms with Crippen molar-refractivity contribution in [2.45, 2.75) is 25.9 Å². The SMILES string of the molecule is CS(=O)(=O)O.C[C@@H]1CN(c2cc3c(cc2F)c(=O)c(C(=O)O)cn3-c2cccc3ccccc23)C[C@H](C)N1. The summed E-state index contributed by atoms with van der Waals surface area (Å²) >= 11 is 0. The Morgan fingerprint density at radius 3 is 2.24 bits per heavy atom. The summed E-state index contributed by atoms with van der Waals surface area (Å²) in [5.41, 5.74) is 0.504. The maximum absolute atomic E-state index is 15.3. The first-order valence-electron chi connectivity index (χ1n) is 11.9. The number of hydrogen-bond donors (Lipinski definition) is 3. The number of piperazine rings is 1. The third-order valence-corrected chi connectivity index (χ3v) is 6.23. The number of aromatic carboxylic acids is 1. The van der Waals surface area contributed by atoms with Crippen LogP contribution >= 0.6 is 0 Å². The quantitative estimate of drug-likeness (QED) is 0.335. The number of halogens is 1. The fourth-order valence-electron chi connectivity index (χ4n) is 4.87. The van der Waals surface area contributed by atoms with Gasteiger partial charge in [-0.3, -0.25) is 9.35 Å². The maximum Gasteiger partial charge on any atom is 0.341 e. The van der Waals surface area contributed by atoms with Crippen LogP contribution in [0.1, 0.15) is 24.2 Å². The number of aromatic nitrogens is 1. The molecule has 1 saturated heterocycles. The van der Waals surface area contributed by atoms with Crippen molar-refractivity contribution in [3.8, 4) is 5.69 Å². The standard InChI is InChI=1S/C26H24FN3O3.CH4O3S/c1-15-12-29(13-16(2)28-15)24-11-23-19(10-21(24)27)25(31)20(26(32)33)14-30(23)22-9-5-7-17-6-3-4-8-18(17)22;1-5(2,3)4/h3-11,14-16,28H,12-13H2,1-2H3,(H,32,33);1H3,(H,2,3,4)/t15-,16+;. The first-order chi connectivity index (χ1) is 17.8. The number of carbonyl (C=O) groups is 1. The Kier molecular flexibility index (Phi) is 7.54. The van der Waals surface area contributed by atoms with Crippen LogP contribution in [0, 0.1) is 5.82 Å². The molecular formula is C27H28FN3O6S. The summed E-state index contributed by atoms with van der Waals surface area (Å²) < 4.78 is 42.9. The van der Waals surface area contributed by atoms with Crippen molar-refractivity contribution in [2.75, 3.05) is 24.2 Å². The van der Waals surface area contributed by atoms with E-state index in [2.05, 4.69) is 5.32 Å². The van der Waals surface area contributed by atoms with Crippen LogP contribution in [-0.4, -0.2) is 60.0 Å². The monoisotopic (exact) mass is 541 g/mol. The highest BCUT2D eigenvalue weighted by Crippen LogP contribution is 2.30. The largest absolute Gasteiger partial charge is 0.477 e. The number of hydrogen-bond acceptors (Lipinski definition) is 6. The second-order valence-electron chi connectivity index (χ2n) is 9.47. The molecule has 9 nitrogen and oxygen atoms in total. The number of carboxylic acid groups (broad SMARTS) is 1. The van der Waals surface area contributed by atoms with E-state index in [4.69, 9.17) is 4.55 Å². The predicted octanol–water partition coefficient (Wildman–Crippen LogP) is 3.67. The Morgan fingerprint density at radius 2 is 1.61 bits per heavy atom. The number of benzene rings is 3. The van der Waals surface area contributed by atoms with Crippen LogP contribution in [0.5, 0.6) is 0 Å². The summed E-state index contributed by atoms with van der Waals surface area (Å²) in [6.45, 7) is 5.34. The Bertz CT molecular complexity index is 1680. The van der Waals surface area contributed by atoms with Crippen molar-refractivity contribution < 1.29 is 27.3 Å². The van der Waals surface area contributed by atoms with Crippen molar-refractivity contribution in [3.63, 3.8) is 0 Å². The zero-order valence-corrected chi connectivity index (χ0v) is 21.9. The van der Waals surface area contributed by atoms with Crippen LogP contribution in [0.3, 0.4) is 0 Å². The van der Waals surface area contributed by atoms with Gasteiger partial charge in [-0.2, -0.15) is 8.42 Å². The molecular weight excluding hydrogens is 513 g/mol. The van der Waals surface area contributed by atoms with E-state index in [1.807, 2.05) is 61.2 Å². The van der Waals surface area contributed by atoms with Gasteiger partial charge in [0.1, 0.15) is 11.4 Å². The average molecular weight is 542 g/mol. The summed E-state index contributed by atoms with van der Waals surface area (Å²) in [6.07, 6.45) is 2.06. The molecule has 11 heteroatoms. The van der Waals surface area contributed by atoms with Gasteiger partial charge in [-0.1, -0.05) is 36.4 Å². The van der Waals surface area contributed by atoms with E-state index in [9.17, 15) is 23.1 Å². The van der Waals surface area contributed by atoms with Gasteiger partial charge in [-0.15, -0.1) is 0 Å². The van der Waals surface area contributed by atoms with Gasteiger partial charge >= 0.3 is 5.97 Å². The highest BCUT2D eigenvalue weighted by atomic mass is 32.2. The van der Waals surface area contributed by atoms with Gasteiger partial charge in [0.2, 0.25) is 5.43 Å². The molecule has 0 unspecified atom stereocenters. The molecule has 1 fully saturated rings. The van der Waals surface area contributed by atoms with E-state index in [-0.39, 0.29) is 17.5 Å². The molecule has 2 heterocycles. The molecule has 0 spiro atoms. The van der Waals surface area contributed by atoms with Crippen LogP contribution < -0.4 is 15.6 Å². The lowest BCUT2D eigenvalue weighted by Crippen LogP contribution is -2.54. The molecule has 3 N–H and O–H groups in total. The van der Waals surface area contributed by atoms with Gasteiger partial charge in [-0.25, -0.2) is 9.18 Å². The number of rotatable bonds is 3. The Morgan fingerprint density at radius 1 is 1.00 bits per heavy atom. The molecule has 0 amide bonds. The number of pyridine rings is 1. The van der Waals surface area contributed by atoms with Crippen LogP contribution in [0.4, 0.5) is 10.1 Å². The number of fused-ring (bicyclic) bond motifs is 2. The molecule has 1 aliphatic heterocycles. The van der Waals surface area contributed by atoms with E-state index in [0.717, 1.165) is 16.5 Å². The molecule has 0 radical (unpaired) electrons. The number of nitrogens with one attached hydrogen (secondary N) is 1. The molecule has 0 bridgehead atoms. The van der Waals surface area contributed by atoms with Gasteiger partial charge < -0.3 is 19.9 Å². The zero-order chi connectivity index (χ0) is 27.8. The second-order valence-corrected chi connectivity index (χ2v) is 10.9. The third-order valence-electron chi connectivity index (χ3n) is 6.23. The van der Waals surface area contributed by atoms with Gasteiger partial charge in [0, 0.05) is 42.1 Å². The Hall–Kier alpha value is -3.80. The van der Waals surface area contributed by atoms with Gasteiger partial charge in [-0.05, 0) is 37.4 Å². The van der Waals surface area contributed by atoms with E-state index >= 15 is 4.39 Å². The lowest BCUT2D eigenvalue weighted by molar-refractivity contribution is 0.0695. The molecule has 1 aromatic heterocycles. The summed E-state index contributed by atoms with van der Waals surface area (Å²) in [5.74, 6) is -1.88. The van der Waals surface area contributed by atoms with Gasteiger partial charge in [0.25, 0.3) is 10.1 Å². The lowest BCUT2D eigenvalue weighted by atomic mass is 10.0. The number of anilines is 1. The van der Waals surface area contributed by atoms with E-state index < -0.39 is 32.9 Å². The highest BCUT2D eigenvalue weighted by Gasteiger charge is 2.25. The Labute approximate surface area is 218 Å². The fraction of sp³-hybridized carbons (Fsp3) is 0.259. The average Bonchev–Trinajstić information content (AvgIpc) is 2.82. The molecule has 2 atom stereocenters. The maximum atomic E-state index is 15.3. The predicted molar refractivity (Wildman–Crippen MR) is 146 cm³/mol. The van der Waals surface area contributed by atoms with Gasteiger partial charge in [0.15, 0.2) is 0 Å². The molecule has 1 aliphatic rings. The van der Waals surface area contributed by atoms with Crippen molar-refractivity contribution in [2.24, 2.45) is 0 Å². The first kappa shape index (κ1) is 27.2. The van der Waals surface area contributed by atoms with E-state index in [1.54, 1.807) is 10.6 Å². The Balaban J connectivity index is 0.000000617. The minimum atomic E-state index is -3.67. The molecule has 5 rings (SSSR count). The molecule has 3 aromatic carbocycles. The van der Waals surface area contributed by atoms with Crippen molar-refractivity contribution >= 4 is 43.5 Å². The van der Waals surface area contributed by atoms with Crippen LogP contribution in [0.25, 0.3) is 27.4 Å². The van der Waals surface area contributed by atoms with E-state index in [0.29, 0.717) is 30.5 Å². The number of nitrogens with zero attached hydrogens (tertiary/aromatic N) is 2. The highest BCUT2D eigenvalue weighted by molar-refractivity contribution is 7.85. The molecule has 0 saturated carbocycles. The third kappa shape index (κ3) is 5.85. The minimum absolute atomic E-state index is 0.0420. The van der Waals surface area contributed by atoms with Crippen molar-refractivity contribution in [1.29, 1.82) is 0 Å². The number of carboxylic acids is 1. The normalized spacial score (nSPS) is 17.8. The topological polar surface area (TPSA) is 129 Å². The van der Waals surface area contributed by atoms with Crippen LogP contribution in [-0.2, 0) is 10.1 Å². The van der Waals surface area contributed by atoms with Crippen LogP contribution in [0.2, 0.25) is 0 Å². The van der Waals surface area contributed by atoms with Crippen molar-refractivity contribution in [1.82, 2.24) is 9.88 Å². The fourth-order valence-corrected chi connectivity index (χ4v) is 4.87. The van der Waals surface area contributed by atoms with Gasteiger partial charge in [0.05, 0.1) is 23.1 Å². The minimum Gasteiger partial charge on any atom is -0.477 e. The molecule has 38 heavy (non-hydrogen) atoms. The van der Waals surface area contributed by atoms with E-state index in [1.165, 1.54) is 12.3 Å². The summed E-state index contributed by atoms with van der Waals surface area (Å²) in [6, 6.07) is 16.7. The summed E-state index contributed by atoms with van der Waals surface area (Å²) in [4.78, 5) is 26.8. The molecule has 4 aromatic rings. The smallest absolute Gasteiger partial charge is 0.341 e. The molecule has 0 aliphatic carbocycles. The van der Waals surface area contributed by atoms with Crippen LogP contribution in [0.15, 0.2) is 65.6 Å². The summed E-state index contributed by atoms with van der Waals surface area (Å²) in [5, 5.41) is 15.0. The second kappa shape index (κ2) is 10.5. The van der Waals surface area contributed by atoms with Crippen molar-refractivity contribution in [3.05, 3.63) is 82.4 Å². The zero-order valence-electron chi connectivity index (χ0n) is 21.1. The summed E-state index contributed by atoms with van der Waals surface area (Å²) in [7, 11) is -3.67. The first-order valence-corrected chi connectivity index (χ1v) is 13.7. The lowest BCUT2D eigenvalue weighted by Gasteiger charge is -2.38. The molecule has 200 valence electrons.